The van der Waals surface area contributed by atoms with E-state index in [9.17, 15) is 4.79 Å². The lowest BCUT2D eigenvalue weighted by Gasteiger charge is -2.30. The predicted octanol–water partition coefficient (Wildman–Crippen LogP) is 4.71. The number of fused-ring (bicyclic) bond motifs is 1. The van der Waals surface area contributed by atoms with Crippen LogP contribution >= 0.6 is 0 Å². The van der Waals surface area contributed by atoms with Gasteiger partial charge in [0.1, 0.15) is 5.82 Å². The maximum atomic E-state index is 13.7. The van der Waals surface area contributed by atoms with E-state index in [0.717, 1.165) is 53.3 Å². The van der Waals surface area contributed by atoms with Gasteiger partial charge in [-0.2, -0.15) is 4.98 Å². The van der Waals surface area contributed by atoms with Crippen molar-refractivity contribution in [2.45, 2.75) is 50.6 Å². The number of benzene rings is 3. The average Bonchev–Trinajstić information content (AvgIpc) is 2.91. The van der Waals surface area contributed by atoms with Crippen LogP contribution in [0.3, 0.4) is 0 Å². The fraction of sp³-hybridized carbons (Fsp3) is 0.267. The van der Waals surface area contributed by atoms with E-state index in [1.165, 1.54) is 0 Å². The summed E-state index contributed by atoms with van der Waals surface area (Å²) in [5, 5.41) is 7.48. The van der Waals surface area contributed by atoms with Gasteiger partial charge in [0.25, 0.3) is 0 Å². The van der Waals surface area contributed by atoms with E-state index in [1.807, 2.05) is 79.7 Å². The van der Waals surface area contributed by atoms with E-state index in [0.29, 0.717) is 5.82 Å². The predicted molar refractivity (Wildman–Crippen MR) is 153 cm³/mol. The molecule has 1 saturated carbocycles. The number of amides is 1. The third-order valence-corrected chi connectivity index (χ3v) is 6.98. The molecule has 1 aromatic heterocycles. The lowest BCUT2D eigenvalue weighted by Crippen LogP contribution is -2.38. The molecule has 0 aliphatic heterocycles. The van der Waals surface area contributed by atoms with E-state index in [2.05, 4.69) is 21.7 Å². The molecule has 4 aromatic rings. The zero-order valence-electron chi connectivity index (χ0n) is 21.5. The zero-order chi connectivity index (χ0) is 26.5. The number of nitrogens with two attached hydrogens (primary N) is 2. The van der Waals surface area contributed by atoms with Crippen LogP contribution in [0.2, 0.25) is 0 Å². The minimum atomic E-state index is -0.504. The molecule has 1 aliphatic carbocycles. The fourth-order valence-corrected chi connectivity index (χ4v) is 5.18. The van der Waals surface area contributed by atoms with Crippen molar-refractivity contribution in [1.82, 2.24) is 9.97 Å². The minimum absolute atomic E-state index is 0.0226. The number of nitrogens with one attached hydrogen (secondary N) is 2. The Labute approximate surface area is 222 Å². The highest BCUT2D eigenvalue weighted by molar-refractivity contribution is 5.98. The van der Waals surface area contributed by atoms with E-state index in [4.69, 9.17) is 21.4 Å². The largest absolute Gasteiger partial charge is 0.370 e. The van der Waals surface area contributed by atoms with Crippen molar-refractivity contribution in [3.8, 4) is 0 Å². The Kier molecular flexibility index (Phi) is 7.49. The molecule has 0 radical (unpaired) electrons. The molecule has 1 amide bonds. The number of aromatic nitrogens is 2. The molecule has 0 saturated heterocycles. The Hall–Kier alpha value is -4.46. The first-order valence-electron chi connectivity index (χ1n) is 13.0. The Morgan fingerprint density at radius 3 is 2.24 bits per heavy atom. The Morgan fingerprint density at radius 2 is 1.58 bits per heavy atom. The summed E-state index contributed by atoms with van der Waals surface area (Å²) in [6, 6.07) is 25.5. The molecule has 194 valence electrons. The van der Waals surface area contributed by atoms with Crippen LogP contribution < -0.4 is 22.1 Å². The van der Waals surface area contributed by atoms with Crippen LogP contribution in [0.25, 0.3) is 10.9 Å². The number of guanidine groups is 1. The van der Waals surface area contributed by atoms with Crippen LogP contribution in [0.1, 0.15) is 48.3 Å². The van der Waals surface area contributed by atoms with E-state index in [1.54, 1.807) is 0 Å². The summed E-state index contributed by atoms with van der Waals surface area (Å²) < 4.78 is 0. The minimum Gasteiger partial charge on any atom is -0.370 e. The molecule has 3 aromatic carbocycles. The van der Waals surface area contributed by atoms with Gasteiger partial charge in [0, 0.05) is 5.39 Å². The summed E-state index contributed by atoms with van der Waals surface area (Å²) in [6.07, 6.45) is 3.97. The molecule has 1 aliphatic rings. The second-order valence-corrected chi connectivity index (χ2v) is 9.82. The van der Waals surface area contributed by atoms with Gasteiger partial charge in [-0.1, -0.05) is 85.1 Å². The molecule has 6 N–H and O–H groups in total. The van der Waals surface area contributed by atoms with Crippen LogP contribution in [0.15, 0.2) is 83.9 Å². The number of carbonyl (C=O) groups is 1. The summed E-state index contributed by atoms with van der Waals surface area (Å²) >= 11 is 0. The van der Waals surface area contributed by atoms with Crippen LogP contribution in [-0.4, -0.2) is 33.9 Å². The number of hydrogen-bond acceptors (Lipinski definition) is 5. The number of hydrogen-bond donors (Lipinski definition) is 4. The van der Waals surface area contributed by atoms with Gasteiger partial charge in [-0.15, -0.1) is 0 Å². The molecule has 0 spiro atoms. The highest BCUT2D eigenvalue weighted by atomic mass is 16.2. The van der Waals surface area contributed by atoms with Gasteiger partial charge in [-0.05, 0) is 43.0 Å². The van der Waals surface area contributed by atoms with Crippen molar-refractivity contribution in [1.29, 1.82) is 0 Å². The van der Waals surface area contributed by atoms with Gasteiger partial charge < -0.3 is 16.8 Å². The van der Waals surface area contributed by atoms with Crippen molar-refractivity contribution in [3.05, 3.63) is 95.6 Å². The standard InChI is InChI=1S/C30H33N7O/c1-19-16-17-23-22(18-19)27(33-24-14-8-9-15-25(24)34-29(31)32)36-30(35-23)37-28(38)26(20-10-4-2-5-11-20)21-12-6-3-7-13-21/h2-7,10-13,16-18,24-26H,8-9,14-15H2,1H3,(H4,31,32,34)(H2,33,35,36,37,38). The van der Waals surface area contributed by atoms with Crippen molar-refractivity contribution in [2.75, 3.05) is 10.6 Å². The molecule has 1 heterocycles. The summed E-state index contributed by atoms with van der Waals surface area (Å²) in [4.78, 5) is 27.7. The Balaban J connectivity index is 1.50. The molecular formula is C30H33N7O. The Bertz CT molecular complexity index is 1400. The molecule has 38 heavy (non-hydrogen) atoms. The molecule has 0 bridgehead atoms. The number of rotatable bonds is 7. The summed E-state index contributed by atoms with van der Waals surface area (Å²) in [5.74, 6) is 0.298. The summed E-state index contributed by atoms with van der Waals surface area (Å²) in [5.41, 5.74) is 15.1. The highest BCUT2D eigenvalue weighted by Gasteiger charge is 2.27. The zero-order valence-corrected chi connectivity index (χ0v) is 21.5. The van der Waals surface area contributed by atoms with Gasteiger partial charge in [-0.3, -0.25) is 10.1 Å². The molecule has 2 unspecified atom stereocenters. The average molecular weight is 508 g/mol. The second-order valence-electron chi connectivity index (χ2n) is 9.82. The third kappa shape index (κ3) is 5.75. The molecule has 8 heteroatoms. The number of aryl methyl sites for hydroxylation is 1. The lowest BCUT2D eigenvalue weighted by atomic mass is 9.90. The van der Waals surface area contributed by atoms with Gasteiger partial charge >= 0.3 is 0 Å². The SMILES string of the molecule is Cc1ccc2nc(NC(=O)C(c3ccccc3)c3ccccc3)nc(NC3CCCCC3N=C(N)N)c2c1. The monoisotopic (exact) mass is 507 g/mol. The lowest BCUT2D eigenvalue weighted by molar-refractivity contribution is -0.116. The summed E-state index contributed by atoms with van der Waals surface area (Å²) in [7, 11) is 0. The second kappa shape index (κ2) is 11.3. The van der Waals surface area contributed by atoms with Gasteiger partial charge in [0.05, 0.1) is 23.5 Å². The summed E-state index contributed by atoms with van der Waals surface area (Å²) in [6.45, 7) is 2.03. The number of anilines is 2. The van der Waals surface area contributed by atoms with Crippen molar-refractivity contribution >= 4 is 34.5 Å². The first-order valence-corrected chi connectivity index (χ1v) is 13.0. The van der Waals surface area contributed by atoms with Gasteiger partial charge in [-0.25, -0.2) is 9.98 Å². The molecule has 2 atom stereocenters. The fourth-order valence-electron chi connectivity index (χ4n) is 5.18. The van der Waals surface area contributed by atoms with Gasteiger partial charge in [0.2, 0.25) is 11.9 Å². The first-order chi connectivity index (χ1) is 18.5. The molecular weight excluding hydrogens is 474 g/mol. The number of carbonyl (C=O) groups excluding carboxylic acids is 1. The maximum absolute atomic E-state index is 13.7. The van der Waals surface area contributed by atoms with Gasteiger partial charge in [0.15, 0.2) is 5.96 Å². The number of nitrogens with zero attached hydrogens (tertiary/aromatic N) is 3. The number of aliphatic imine (C=N–C) groups is 1. The molecule has 5 rings (SSSR count). The van der Waals surface area contributed by atoms with Crippen molar-refractivity contribution < 1.29 is 4.79 Å². The molecule has 8 nitrogen and oxygen atoms in total. The van der Waals surface area contributed by atoms with E-state index < -0.39 is 5.92 Å². The topological polar surface area (TPSA) is 131 Å². The smallest absolute Gasteiger partial charge is 0.238 e. The van der Waals surface area contributed by atoms with E-state index >= 15 is 0 Å². The third-order valence-electron chi connectivity index (χ3n) is 6.98. The van der Waals surface area contributed by atoms with Crippen LogP contribution in [0.4, 0.5) is 11.8 Å². The highest BCUT2D eigenvalue weighted by Crippen LogP contribution is 2.30. The van der Waals surface area contributed by atoms with Crippen LogP contribution in [-0.2, 0) is 4.79 Å². The molecule has 1 fully saturated rings. The maximum Gasteiger partial charge on any atom is 0.238 e. The normalized spacial score (nSPS) is 17.2. The van der Waals surface area contributed by atoms with E-state index in [-0.39, 0.29) is 29.9 Å². The quantitative estimate of drug-likeness (QED) is 0.212. The van der Waals surface area contributed by atoms with Crippen molar-refractivity contribution in [2.24, 2.45) is 16.5 Å². The Morgan fingerprint density at radius 1 is 0.921 bits per heavy atom. The van der Waals surface area contributed by atoms with Crippen LogP contribution in [0, 0.1) is 6.92 Å². The first kappa shape index (κ1) is 25.2. The van der Waals surface area contributed by atoms with Crippen molar-refractivity contribution in [3.63, 3.8) is 0 Å². The van der Waals surface area contributed by atoms with Crippen LogP contribution in [0.5, 0.6) is 0 Å².